The molecule has 0 unspecified atom stereocenters. The van der Waals surface area contributed by atoms with Gasteiger partial charge in [0.25, 0.3) is 0 Å². The lowest BCUT2D eigenvalue weighted by Crippen LogP contribution is -2.49. The molecule has 2 aromatic carbocycles. The number of carbonyl (C=O) groups excluding carboxylic acids is 2. The molecule has 1 aliphatic rings. The van der Waals surface area contributed by atoms with Crippen LogP contribution in [0.3, 0.4) is 0 Å². The Morgan fingerprint density at radius 2 is 1.83 bits per heavy atom. The monoisotopic (exact) mass is 406 g/mol. The van der Waals surface area contributed by atoms with Gasteiger partial charge in [-0.25, -0.2) is 0 Å². The van der Waals surface area contributed by atoms with Crippen molar-refractivity contribution in [3.05, 3.63) is 59.7 Å². The third kappa shape index (κ3) is 5.96. The molecule has 0 atom stereocenters. The van der Waals surface area contributed by atoms with E-state index in [0.717, 1.165) is 38.0 Å². The minimum atomic E-state index is -0.736. The fourth-order valence-corrected chi connectivity index (χ4v) is 3.46. The first-order valence-corrected chi connectivity index (χ1v) is 9.94. The number of benzene rings is 2. The summed E-state index contributed by atoms with van der Waals surface area (Å²) in [5.41, 5.74) is 8.58. The van der Waals surface area contributed by atoms with Crippen molar-refractivity contribution in [1.82, 2.24) is 15.6 Å². The first-order valence-electron chi connectivity index (χ1n) is 9.94. The Morgan fingerprint density at radius 3 is 2.50 bits per heavy atom. The van der Waals surface area contributed by atoms with E-state index in [1.165, 1.54) is 5.56 Å². The average Bonchev–Trinajstić information content (AvgIpc) is 2.75. The lowest BCUT2D eigenvalue weighted by atomic mass is 10.0. The molecule has 1 aliphatic heterocycles. The van der Waals surface area contributed by atoms with Gasteiger partial charge in [0, 0.05) is 31.4 Å². The number of hydrazine groups is 1. The molecule has 8 heteroatoms. The summed E-state index contributed by atoms with van der Waals surface area (Å²) in [5, 5.41) is 14.0. The molecule has 8 nitrogen and oxygen atoms in total. The summed E-state index contributed by atoms with van der Waals surface area (Å²) in [6.07, 6.45) is 3.48. The van der Waals surface area contributed by atoms with Crippen LogP contribution in [0.1, 0.15) is 24.0 Å². The van der Waals surface area contributed by atoms with E-state index in [4.69, 9.17) is 5.26 Å². The smallest absolute Gasteiger partial charge is 0.327 e. The third-order valence-corrected chi connectivity index (χ3v) is 5.12. The molecule has 0 spiro atoms. The topological polar surface area (TPSA) is 109 Å². The van der Waals surface area contributed by atoms with Crippen molar-refractivity contribution in [2.45, 2.75) is 32.4 Å². The number of nitrogens with one attached hydrogen (secondary N) is 4. The van der Waals surface area contributed by atoms with Gasteiger partial charge in [-0.2, -0.15) is 5.26 Å². The average molecular weight is 406 g/mol. The van der Waals surface area contributed by atoms with Gasteiger partial charge in [-0.1, -0.05) is 30.3 Å². The van der Waals surface area contributed by atoms with Crippen molar-refractivity contribution in [3.8, 4) is 6.19 Å². The Labute approximate surface area is 176 Å². The zero-order chi connectivity index (χ0) is 21.3. The molecule has 1 saturated heterocycles. The van der Waals surface area contributed by atoms with E-state index in [0.29, 0.717) is 11.4 Å². The minimum Gasteiger partial charge on any atom is -0.345 e. The van der Waals surface area contributed by atoms with Crippen LogP contribution in [-0.2, 0) is 16.1 Å². The molecule has 0 saturated carbocycles. The van der Waals surface area contributed by atoms with Crippen molar-refractivity contribution in [1.29, 1.82) is 5.26 Å². The standard InChI is InChI=1S/C22H26N6O2/c1-16-13-19(24-15-23)7-8-20(16)26-27-22(30)21(29)25-18-9-11-28(12-10-18)14-17-5-3-2-4-6-17/h2-8,13,18,24,26H,9-12,14H2,1H3,(H,25,29)(H,27,30). The third-order valence-electron chi connectivity index (χ3n) is 5.12. The number of hydrogen-bond acceptors (Lipinski definition) is 6. The molecule has 0 bridgehead atoms. The fraction of sp³-hybridized carbons (Fsp3) is 0.318. The van der Waals surface area contributed by atoms with Crippen LogP contribution in [0.2, 0.25) is 0 Å². The van der Waals surface area contributed by atoms with Gasteiger partial charge < -0.3 is 5.32 Å². The van der Waals surface area contributed by atoms with Crippen LogP contribution >= 0.6 is 0 Å². The van der Waals surface area contributed by atoms with Crippen LogP contribution in [0.25, 0.3) is 0 Å². The van der Waals surface area contributed by atoms with Gasteiger partial charge in [-0.15, -0.1) is 0 Å². The number of nitriles is 1. The van der Waals surface area contributed by atoms with Crippen molar-refractivity contribution in [2.75, 3.05) is 23.8 Å². The van der Waals surface area contributed by atoms with Crippen LogP contribution in [0.15, 0.2) is 48.5 Å². The second kappa shape index (κ2) is 10.3. The SMILES string of the molecule is Cc1cc(NC#N)ccc1NNC(=O)C(=O)NC1CCN(Cc2ccccc2)CC1. The maximum absolute atomic E-state index is 12.2. The lowest BCUT2D eigenvalue weighted by molar-refractivity contribution is -0.139. The van der Waals surface area contributed by atoms with Crippen LogP contribution in [0.4, 0.5) is 11.4 Å². The Bertz CT molecular complexity index is 917. The van der Waals surface area contributed by atoms with Gasteiger partial charge >= 0.3 is 11.8 Å². The second-order valence-corrected chi connectivity index (χ2v) is 7.36. The molecule has 0 aromatic heterocycles. The molecule has 30 heavy (non-hydrogen) atoms. The maximum Gasteiger partial charge on any atom is 0.327 e. The maximum atomic E-state index is 12.2. The normalized spacial score (nSPS) is 14.4. The van der Waals surface area contributed by atoms with E-state index in [1.54, 1.807) is 18.2 Å². The number of hydrogen-bond donors (Lipinski definition) is 4. The van der Waals surface area contributed by atoms with E-state index in [2.05, 4.69) is 38.5 Å². The molecule has 2 amide bonds. The number of carbonyl (C=O) groups is 2. The zero-order valence-electron chi connectivity index (χ0n) is 16.9. The van der Waals surface area contributed by atoms with Crippen LogP contribution in [0, 0.1) is 18.4 Å². The Kier molecular flexibility index (Phi) is 7.24. The summed E-state index contributed by atoms with van der Waals surface area (Å²) in [5.74, 6) is -1.38. The lowest BCUT2D eigenvalue weighted by Gasteiger charge is -2.32. The van der Waals surface area contributed by atoms with E-state index < -0.39 is 11.8 Å². The van der Waals surface area contributed by atoms with Gasteiger partial charge in [0.2, 0.25) is 0 Å². The van der Waals surface area contributed by atoms with Crippen molar-refractivity contribution in [2.24, 2.45) is 0 Å². The molecule has 2 aromatic rings. The Balaban J connectivity index is 1.41. The molecule has 1 fully saturated rings. The summed E-state index contributed by atoms with van der Waals surface area (Å²) in [4.78, 5) is 26.7. The molecule has 156 valence electrons. The Hall–Kier alpha value is -3.57. The van der Waals surface area contributed by atoms with E-state index in [1.807, 2.05) is 31.3 Å². The molecule has 0 radical (unpaired) electrons. The Morgan fingerprint density at radius 1 is 1.10 bits per heavy atom. The number of piperidine rings is 1. The number of nitrogens with zero attached hydrogens (tertiary/aromatic N) is 2. The molecule has 4 N–H and O–H groups in total. The van der Waals surface area contributed by atoms with E-state index in [9.17, 15) is 9.59 Å². The minimum absolute atomic E-state index is 0.00616. The number of anilines is 2. The highest BCUT2D eigenvalue weighted by Gasteiger charge is 2.23. The van der Waals surface area contributed by atoms with E-state index >= 15 is 0 Å². The second-order valence-electron chi connectivity index (χ2n) is 7.36. The van der Waals surface area contributed by atoms with Gasteiger partial charge in [0.05, 0.1) is 5.69 Å². The number of likely N-dealkylation sites (tertiary alicyclic amines) is 1. The van der Waals surface area contributed by atoms with Gasteiger partial charge in [-0.3, -0.25) is 30.7 Å². The highest BCUT2D eigenvalue weighted by atomic mass is 16.2. The summed E-state index contributed by atoms with van der Waals surface area (Å²) in [7, 11) is 0. The predicted molar refractivity (Wildman–Crippen MR) is 115 cm³/mol. The van der Waals surface area contributed by atoms with Crippen molar-refractivity contribution < 1.29 is 9.59 Å². The quantitative estimate of drug-likeness (QED) is 0.253. The molecule has 0 aliphatic carbocycles. The number of amides is 2. The highest BCUT2D eigenvalue weighted by molar-refractivity contribution is 6.35. The summed E-state index contributed by atoms with van der Waals surface area (Å²) in [6, 6.07) is 15.5. The number of aryl methyl sites for hydroxylation is 1. The van der Waals surface area contributed by atoms with Crippen molar-refractivity contribution >= 4 is 23.2 Å². The van der Waals surface area contributed by atoms with Gasteiger partial charge in [0.15, 0.2) is 6.19 Å². The summed E-state index contributed by atoms with van der Waals surface area (Å²) >= 11 is 0. The van der Waals surface area contributed by atoms with Crippen LogP contribution < -0.4 is 21.5 Å². The van der Waals surface area contributed by atoms with Crippen molar-refractivity contribution in [3.63, 3.8) is 0 Å². The largest absolute Gasteiger partial charge is 0.345 e. The molecule has 1 heterocycles. The molecule has 3 rings (SSSR count). The fourth-order valence-electron chi connectivity index (χ4n) is 3.46. The first kappa shape index (κ1) is 21.1. The van der Waals surface area contributed by atoms with Gasteiger partial charge in [-0.05, 0) is 49.1 Å². The first-order chi connectivity index (χ1) is 14.5. The predicted octanol–water partition coefficient (Wildman–Crippen LogP) is 2.11. The summed E-state index contributed by atoms with van der Waals surface area (Å²) in [6.45, 7) is 4.48. The van der Waals surface area contributed by atoms with Gasteiger partial charge in [0.1, 0.15) is 0 Å². The van der Waals surface area contributed by atoms with Crippen LogP contribution in [0.5, 0.6) is 0 Å². The van der Waals surface area contributed by atoms with E-state index in [-0.39, 0.29) is 6.04 Å². The highest BCUT2D eigenvalue weighted by Crippen LogP contribution is 2.18. The number of rotatable bonds is 6. The van der Waals surface area contributed by atoms with Crippen LogP contribution in [-0.4, -0.2) is 35.8 Å². The molecular formula is C22H26N6O2. The zero-order valence-corrected chi connectivity index (χ0v) is 16.9. The molecular weight excluding hydrogens is 380 g/mol. The summed E-state index contributed by atoms with van der Waals surface area (Å²) < 4.78 is 0.